The Morgan fingerprint density at radius 1 is 1.25 bits per heavy atom. The lowest BCUT2D eigenvalue weighted by atomic mass is 9.96. The van der Waals surface area contributed by atoms with Crippen molar-refractivity contribution in [1.29, 1.82) is 0 Å². The van der Waals surface area contributed by atoms with Gasteiger partial charge in [0.15, 0.2) is 0 Å². The lowest BCUT2D eigenvalue weighted by molar-refractivity contribution is 0.202. The van der Waals surface area contributed by atoms with Crippen LogP contribution in [0.1, 0.15) is 30.9 Å². The topological polar surface area (TPSA) is 18.5 Å². The molecule has 3 heteroatoms. The molecule has 0 radical (unpaired) electrons. The van der Waals surface area contributed by atoms with Gasteiger partial charge < -0.3 is 10.2 Å². The van der Waals surface area contributed by atoms with Gasteiger partial charge in [-0.3, -0.25) is 4.90 Å². The predicted octanol–water partition coefficient (Wildman–Crippen LogP) is 2.01. The molecule has 2 atom stereocenters. The monoisotopic (exact) mass is 271 g/mol. The van der Waals surface area contributed by atoms with Gasteiger partial charge in [-0.15, -0.1) is 0 Å². The number of benzene rings is 1. The maximum absolute atomic E-state index is 3.54. The van der Waals surface area contributed by atoms with Crippen LogP contribution in [0.4, 0.5) is 5.69 Å². The first kappa shape index (κ1) is 12.7. The van der Waals surface area contributed by atoms with Crippen molar-refractivity contribution in [2.75, 3.05) is 31.1 Å². The average Bonchev–Trinajstić information content (AvgIpc) is 2.93. The van der Waals surface area contributed by atoms with Crippen LogP contribution in [0.2, 0.25) is 0 Å². The van der Waals surface area contributed by atoms with E-state index in [4.69, 9.17) is 0 Å². The molecule has 0 bridgehead atoms. The zero-order valence-electron chi connectivity index (χ0n) is 12.4. The van der Waals surface area contributed by atoms with Gasteiger partial charge in [0.2, 0.25) is 0 Å². The number of nitrogens with one attached hydrogen (secondary N) is 1. The van der Waals surface area contributed by atoms with Crippen molar-refractivity contribution in [2.24, 2.45) is 0 Å². The first-order chi connectivity index (χ1) is 9.83. The smallest absolute Gasteiger partial charge is 0.0418 e. The van der Waals surface area contributed by atoms with Crippen molar-refractivity contribution in [1.82, 2.24) is 10.2 Å². The molecule has 0 aliphatic carbocycles. The Hall–Kier alpha value is -1.06. The summed E-state index contributed by atoms with van der Waals surface area (Å²) in [5.74, 6) is 0. The third-order valence-electron chi connectivity index (χ3n) is 5.37. The second-order valence-corrected chi connectivity index (χ2v) is 6.63. The van der Waals surface area contributed by atoms with Crippen LogP contribution in [-0.2, 0) is 13.0 Å². The van der Waals surface area contributed by atoms with Crippen LogP contribution < -0.4 is 10.2 Å². The number of hydrogen-bond donors (Lipinski definition) is 1. The fourth-order valence-corrected chi connectivity index (χ4v) is 4.29. The molecular weight excluding hydrogens is 246 g/mol. The van der Waals surface area contributed by atoms with Crippen molar-refractivity contribution in [3.05, 3.63) is 29.3 Å². The lowest BCUT2D eigenvalue weighted by Crippen LogP contribution is -2.55. The second-order valence-electron chi connectivity index (χ2n) is 6.63. The second kappa shape index (κ2) is 5.05. The quantitative estimate of drug-likeness (QED) is 0.843. The highest BCUT2D eigenvalue weighted by Crippen LogP contribution is 2.32. The maximum Gasteiger partial charge on any atom is 0.0418 e. The normalized spacial score (nSPS) is 30.1. The van der Waals surface area contributed by atoms with Crippen molar-refractivity contribution in [3.8, 4) is 0 Å². The van der Waals surface area contributed by atoms with E-state index in [0.717, 1.165) is 19.1 Å². The molecule has 1 N–H and O–H groups in total. The molecule has 1 aromatic rings. The zero-order valence-corrected chi connectivity index (χ0v) is 12.4. The van der Waals surface area contributed by atoms with E-state index in [-0.39, 0.29) is 0 Å². The molecule has 3 aliphatic heterocycles. The van der Waals surface area contributed by atoms with Crippen molar-refractivity contribution in [3.63, 3.8) is 0 Å². The first-order valence-electron chi connectivity index (χ1n) is 8.15. The van der Waals surface area contributed by atoms with E-state index in [1.165, 1.54) is 44.6 Å². The van der Waals surface area contributed by atoms with Gasteiger partial charge in [0.05, 0.1) is 0 Å². The summed E-state index contributed by atoms with van der Waals surface area (Å²) in [6.07, 6.45) is 3.96. The van der Waals surface area contributed by atoms with Gasteiger partial charge in [0.25, 0.3) is 0 Å². The summed E-state index contributed by atoms with van der Waals surface area (Å²) >= 11 is 0. The molecule has 0 spiro atoms. The SMILES string of the molecule is CC1CN2CCCC2CN1c1cccc2c1CNCC2. The van der Waals surface area contributed by atoms with Crippen LogP contribution in [0.5, 0.6) is 0 Å². The summed E-state index contributed by atoms with van der Waals surface area (Å²) in [4.78, 5) is 5.38. The number of piperazine rings is 1. The summed E-state index contributed by atoms with van der Waals surface area (Å²) in [7, 11) is 0. The standard InChI is InChI=1S/C17H25N3/c1-13-11-19-9-3-5-15(19)12-20(13)17-6-2-4-14-7-8-18-10-16(14)17/h2,4,6,13,15,18H,3,5,7-12H2,1H3. The Bertz CT molecular complexity index is 499. The lowest BCUT2D eigenvalue weighted by Gasteiger charge is -2.44. The Kier molecular flexibility index (Phi) is 3.20. The summed E-state index contributed by atoms with van der Waals surface area (Å²) in [6.45, 7) is 8.34. The highest BCUT2D eigenvalue weighted by Gasteiger charge is 2.35. The first-order valence-corrected chi connectivity index (χ1v) is 8.15. The van der Waals surface area contributed by atoms with Gasteiger partial charge in [0, 0.05) is 37.4 Å². The molecule has 1 aromatic carbocycles. The fourth-order valence-electron chi connectivity index (χ4n) is 4.29. The summed E-state index contributed by atoms with van der Waals surface area (Å²) in [6, 6.07) is 8.34. The summed E-state index contributed by atoms with van der Waals surface area (Å²) in [5, 5.41) is 3.54. The predicted molar refractivity (Wildman–Crippen MR) is 83.3 cm³/mol. The van der Waals surface area contributed by atoms with Gasteiger partial charge in [-0.1, -0.05) is 12.1 Å². The highest BCUT2D eigenvalue weighted by molar-refractivity contribution is 5.58. The zero-order chi connectivity index (χ0) is 13.5. The maximum atomic E-state index is 3.54. The number of fused-ring (bicyclic) bond motifs is 2. The van der Waals surface area contributed by atoms with Crippen LogP contribution in [0.25, 0.3) is 0 Å². The fraction of sp³-hybridized carbons (Fsp3) is 0.647. The molecule has 20 heavy (non-hydrogen) atoms. The van der Waals surface area contributed by atoms with Crippen LogP contribution in [0.15, 0.2) is 18.2 Å². The van der Waals surface area contributed by atoms with Crippen molar-refractivity contribution in [2.45, 2.75) is 44.8 Å². The van der Waals surface area contributed by atoms with E-state index < -0.39 is 0 Å². The molecule has 0 aromatic heterocycles. The Morgan fingerprint density at radius 2 is 2.20 bits per heavy atom. The van der Waals surface area contributed by atoms with Crippen LogP contribution in [0.3, 0.4) is 0 Å². The van der Waals surface area contributed by atoms with Gasteiger partial charge in [-0.2, -0.15) is 0 Å². The van der Waals surface area contributed by atoms with Crippen LogP contribution in [0, 0.1) is 0 Å². The number of hydrogen-bond acceptors (Lipinski definition) is 3. The molecule has 0 saturated carbocycles. The van der Waals surface area contributed by atoms with E-state index >= 15 is 0 Å². The van der Waals surface area contributed by atoms with Gasteiger partial charge in [-0.05, 0) is 56.5 Å². The Labute approximate surface area is 121 Å². The van der Waals surface area contributed by atoms with E-state index in [0.29, 0.717) is 6.04 Å². The van der Waals surface area contributed by atoms with Gasteiger partial charge in [0.1, 0.15) is 0 Å². The molecular formula is C17H25N3. The summed E-state index contributed by atoms with van der Waals surface area (Å²) in [5.41, 5.74) is 4.60. The summed E-state index contributed by atoms with van der Waals surface area (Å²) < 4.78 is 0. The molecule has 2 saturated heterocycles. The third-order valence-corrected chi connectivity index (χ3v) is 5.37. The van der Waals surface area contributed by atoms with Crippen LogP contribution in [-0.4, -0.2) is 43.2 Å². The van der Waals surface area contributed by atoms with Gasteiger partial charge >= 0.3 is 0 Å². The molecule has 3 heterocycles. The minimum absolute atomic E-state index is 0.637. The molecule has 4 rings (SSSR count). The largest absolute Gasteiger partial charge is 0.366 e. The van der Waals surface area contributed by atoms with E-state index in [9.17, 15) is 0 Å². The van der Waals surface area contributed by atoms with Crippen molar-refractivity contribution >= 4 is 5.69 Å². The van der Waals surface area contributed by atoms with E-state index in [2.05, 4.69) is 40.2 Å². The van der Waals surface area contributed by atoms with E-state index in [1.54, 1.807) is 11.1 Å². The van der Waals surface area contributed by atoms with Crippen molar-refractivity contribution < 1.29 is 0 Å². The molecule has 108 valence electrons. The minimum Gasteiger partial charge on any atom is -0.366 e. The van der Waals surface area contributed by atoms with Crippen LogP contribution >= 0.6 is 0 Å². The average molecular weight is 271 g/mol. The number of rotatable bonds is 1. The number of nitrogens with zero attached hydrogens (tertiary/aromatic N) is 2. The molecule has 3 aliphatic rings. The highest BCUT2D eigenvalue weighted by atomic mass is 15.3. The third kappa shape index (κ3) is 2.04. The Balaban J connectivity index is 1.66. The van der Waals surface area contributed by atoms with E-state index in [1.807, 2.05) is 0 Å². The van der Waals surface area contributed by atoms with Gasteiger partial charge in [-0.25, -0.2) is 0 Å². The molecule has 0 amide bonds. The number of anilines is 1. The molecule has 2 unspecified atom stereocenters. The minimum atomic E-state index is 0.637. The Morgan fingerprint density at radius 3 is 3.15 bits per heavy atom. The molecule has 3 nitrogen and oxygen atoms in total. The molecule has 2 fully saturated rings.